The molecule has 1 atom stereocenters. The van der Waals surface area contributed by atoms with Crippen LogP contribution in [-0.2, 0) is 14.8 Å². The van der Waals surface area contributed by atoms with E-state index in [1.54, 1.807) is 6.92 Å². The fourth-order valence-electron chi connectivity index (χ4n) is 1.27. The third-order valence-electron chi connectivity index (χ3n) is 2.22. The van der Waals surface area contributed by atoms with E-state index in [4.69, 9.17) is 21.4 Å². The molecule has 0 fully saturated rings. The van der Waals surface area contributed by atoms with Gasteiger partial charge in [-0.2, -0.15) is 4.72 Å². The van der Waals surface area contributed by atoms with Crippen LogP contribution in [0.5, 0.6) is 5.75 Å². The van der Waals surface area contributed by atoms with Gasteiger partial charge >= 0.3 is 5.97 Å². The molecule has 0 aliphatic heterocycles. The van der Waals surface area contributed by atoms with Crippen molar-refractivity contribution in [2.45, 2.75) is 24.8 Å². The van der Waals surface area contributed by atoms with Crippen LogP contribution in [0.3, 0.4) is 0 Å². The fourth-order valence-corrected chi connectivity index (χ4v) is 2.79. The number of aliphatic carboxylic acids is 1. The molecule has 0 unspecified atom stereocenters. The summed E-state index contributed by atoms with van der Waals surface area (Å²) >= 11 is 5.88. The average Bonchev–Trinajstić information content (AvgIpc) is 2.31. The Labute approximate surface area is 116 Å². The van der Waals surface area contributed by atoms with E-state index in [1.165, 1.54) is 25.1 Å². The van der Waals surface area contributed by atoms with Crippen molar-refractivity contribution in [1.29, 1.82) is 0 Å². The van der Waals surface area contributed by atoms with Crippen molar-refractivity contribution in [2.75, 3.05) is 6.61 Å². The zero-order valence-electron chi connectivity index (χ0n) is 10.4. The minimum atomic E-state index is -3.93. The Hall–Kier alpha value is -1.31. The van der Waals surface area contributed by atoms with Crippen LogP contribution in [0.4, 0.5) is 0 Å². The van der Waals surface area contributed by atoms with Gasteiger partial charge in [-0.05, 0) is 32.0 Å². The highest BCUT2D eigenvalue weighted by atomic mass is 35.5. The van der Waals surface area contributed by atoms with Crippen LogP contribution in [-0.4, -0.2) is 32.1 Å². The maximum Gasteiger partial charge on any atom is 0.321 e. The Morgan fingerprint density at radius 3 is 2.63 bits per heavy atom. The lowest BCUT2D eigenvalue weighted by atomic mass is 10.3. The summed E-state index contributed by atoms with van der Waals surface area (Å²) < 4.78 is 31.0. The fraction of sp³-hybridized carbons (Fsp3) is 0.364. The van der Waals surface area contributed by atoms with Gasteiger partial charge in [0.2, 0.25) is 10.0 Å². The van der Waals surface area contributed by atoms with Crippen molar-refractivity contribution in [1.82, 2.24) is 4.72 Å². The monoisotopic (exact) mass is 307 g/mol. The summed E-state index contributed by atoms with van der Waals surface area (Å²) in [5, 5.41) is 8.83. The summed E-state index contributed by atoms with van der Waals surface area (Å²) in [6.07, 6.45) is 0. The van der Waals surface area contributed by atoms with Gasteiger partial charge in [-0.3, -0.25) is 4.79 Å². The van der Waals surface area contributed by atoms with Gasteiger partial charge in [-0.15, -0.1) is 0 Å². The highest BCUT2D eigenvalue weighted by molar-refractivity contribution is 7.89. The Morgan fingerprint density at radius 1 is 1.53 bits per heavy atom. The van der Waals surface area contributed by atoms with E-state index in [2.05, 4.69) is 0 Å². The normalized spacial score (nSPS) is 13.0. The van der Waals surface area contributed by atoms with Gasteiger partial charge in [0.15, 0.2) is 0 Å². The maximum absolute atomic E-state index is 11.9. The van der Waals surface area contributed by atoms with Gasteiger partial charge in [0.25, 0.3) is 0 Å². The van der Waals surface area contributed by atoms with Gasteiger partial charge < -0.3 is 9.84 Å². The second kappa shape index (κ2) is 6.23. The zero-order valence-corrected chi connectivity index (χ0v) is 12.0. The highest BCUT2D eigenvalue weighted by Gasteiger charge is 2.22. The van der Waals surface area contributed by atoms with Crippen molar-refractivity contribution >= 4 is 27.6 Å². The molecule has 2 N–H and O–H groups in total. The first-order valence-corrected chi connectivity index (χ1v) is 7.31. The van der Waals surface area contributed by atoms with E-state index in [0.29, 0.717) is 12.4 Å². The molecule has 0 heterocycles. The molecule has 0 aliphatic rings. The first-order valence-electron chi connectivity index (χ1n) is 5.45. The molecular formula is C11H14ClNO5S. The SMILES string of the molecule is CCOc1ccc(S(=O)(=O)N[C@H](C)C(=O)O)cc1Cl. The van der Waals surface area contributed by atoms with Crippen LogP contribution in [0.25, 0.3) is 0 Å². The second-order valence-corrected chi connectivity index (χ2v) is 5.83. The number of nitrogens with one attached hydrogen (secondary N) is 1. The lowest BCUT2D eigenvalue weighted by Crippen LogP contribution is -2.38. The lowest BCUT2D eigenvalue weighted by Gasteiger charge is -2.11. The largest absolute Gasteiger partial charge is 0.492 e. The Kier molecular flexibility index (Phi) is 5.16. The minimum Gasteiger partial charge on any atom is -0.492 e. The molecule has 0 bridgehead atoms. The second-order valence-electron chi connectivity index (χ2n) is 3.71. The molecule has 19 heavy (non-hydrogen) atoms. The number of hydrogen-bond donors (Lipinski definition) is 2. The molecule has 8 heteroatoms. The number of hydrogen-bond acceptors (Lipinski definition) is 4. The number of ether oxygens (including phenoxy) is 1. The lowest BCUT2D eigenvalue weighted by molar-refractivity contribution is -0.138. The first kappa shape index (κ1) is 15.7. The predicted octanol–water partition coefficient (Wildman–Crippen LogP) is 1.49. The van der Waals surface area contributed by atoms with Gasteiger partial charge in [0.1, 0.15) is 11.8 Å². The highest BCUT2D eigenvalue weighted by Crippen LogP contribution is 2.27. The van der Waals surface area contributed by atoms with E-state index < -0.39 is 22.0 Å². The topological polar surface area (TPSA) is 92.7 Å². The molecule has 1 aromatic carbocycles. The average molecular weight is 308 g/mol. The van der Waals surface area contributed by atoms with Crippen molar-refractivity contribution in [3.8, 4) is 5.75 Å². The van der Waals surface area contributed by atoms with E-state index in [0.717, 1.165) is 0 Å². The molecule has 0 radical (unpaired) electrons. The molecule has 1 rings (SSSR count). The number of rotatable bonds is 6. The Bertz CT molecular complexity index is 572. The molecular weight excluding hydrogens is 294 g/mol. The van der Waals surface area contributed by atoms with Crippen molar-refractivity contribution in [3.63, 3.8) is 0 Å². The molecule has 0 saturated heterocycles. The number of carboxylic acid groups (broad SMARTS) is 1. The standard InChI is InChI=1S/C11H14ClNO5S/c1-3-18-10-5-4-8(6-9(10)12)19(16,17)13-7(2)11(14)15/h4-7,13H,3H2,1-2H3,(H,14,15)/t7-/m1/s1. The minimum absolute atomic E-state index is 0.117. The molecule has 1 aromatic rings. The smallest absolute Gasteiger partial charge is 0.321 e. The summed E-state index contributed by atoms with van der Waals surface area (Å²) in [7, 11) is -3.93. The number of carbonyl (C=O) groups is 1. The molecule has 0 saturated carbocycles. The van der Waals surface area contributed by atoms with E-state index in [1.807, 2.05) is 4.72 Å². The summed E-state index contributed by atoms with van der Waals surface area (Å²) in [5.41, 5.74) is 0. The first-order chi connectivity index (χ1) is 8.77. The van der Waals surface area contributed by atoms with Crippen molar-refractivity contribution in [3.05, 3.63) is 23.2 Å². The van der Waals surface area contributed by atoms with Gasteiger partial charge in [0, 0.05) is 0 Å². The Balaban J connectivity index is 3.02. The number of carboxylic acids is 1. The molecule has 0 aliphatic carbocycles. The third kappa shape index (κ3) is 4.09. The van der Waals surface area contributed by atoms with Crippen molar-refractivity contribution < 1.29 is 23.1 Å². The van der Waals surface area contributed by atoms with Crippen molar-refractivity contribution in [2.24, 2.45) is 0 Å². The van der Waals surface area contributed by atoms with Crippen LogP contribution in [0.15, 0.2) is 23.1 Å². The summed E-state index contributed by atoms with van der Waals surface area (Å²) in [6.45, 7) is 3.41. The van der Waals surface area contributed by atoms with Gasteiger partial charge in [0.05, 0.1) is 16.5 Å². The van der Waals surface area contributed by atoms with E-state index in [-0.39, 0.29) is 9.92 Å². The van der Waals surface area contributed by atoms with Gasteiger partial charge in [-0.25, -0.2) is 8.42 Å². The summed E-state index contributed by atoms with van der Waals surface area (Å²) in [5.74, 6) is -0.894. The van der Waals surface area contributed by atoms with Crippen LogP contribution in [0.2, 0.25) is 5.02 Å². The third-order valence-corrected chi connectivity index (χ3v) is 4.05. The van der Waals surface area contributed by atoms with E-state index in [9.17, 15) is 13.2 Å². The van der Waals surface area contributed by atoms with Crippen LogP contribution in [0.1, 0.15) is 13.8 Å². The van der Waals surface area contributed by atoms with Crippen LogP contribution in [0, 0.1) is 0 Å². The number of sulfonamides is 1. The Morgan fingerprint density at radius 2 is 2.16 bits per heavy atom. The summed E-state index contributed by atoms with van der Waals surface area (Å²) in [4.78, 5) is 10.5. The zero-order chi connectivity index (χ0) is 14.6. The van der Waals surface area contributed by atoms with Gasteiger partial charge in [-0.1, -0.05) is 11.6 Å². The number of halogens is 1. The quantitative estimate of drug-likeness (QED) is 0.830. The molecule has 0 amide bonds. The predicted molar refractivity (Wildman–Crippen MR) is 70.0 cm³/mol. The number of benzene rings is 1. The van der Waals surface area contributed by atoms with Crippen LogP contribution < -0.4 is 9.46 Å². The molecule has 6 nitrogen and oxygen atoms in total. The summed E-state index contributed by atoms with van der Waals surface area (Å²) in [6, 6.07) is 2.71. The molecule has 0 aromatic heterocycles. The van der Waals surface area contributed by atoms with Crippen LogP contribution >= 0.6 is 11.6 Å². The molecule has 0 spiro atoms. The molecule has 106 valence electrons. The van der Waals surface area contributed by atoms with E-state index >= 15 is 0 Å². The maximum atomic E-state index is 11.9.